The molecule has 4 aliphatic carbocycles. The third kappa shape index (κ3) is 0.810. The number of hydrogen-bond donors (Lipinski definition) is 1. The van der Waals surface area contributed by atoms with Gasteiger partial charge in [0.15, 0.2) is 17.0 Å². The molecule has 0 unspecified atom stereocenters. The number of ketones is 2. The molecule has 1 saturated carbocycles. The van der Waals surface area contributed by atoms with Crippen molar-refractivity contribution in [3.63, 3.8) is 0 Å². The van der Waals surface area contributed by atoms with Crippen molar-refractivity contribution in [2.24, 2.45) is 11.8 Å². The van der Waals surface area contributed by atoms with Crippen LogP contribution in [0.1, 0.15) is 33.6 Å². The number of carbonyl (C=O) groups is 2. The highest BCUT2D eigenvalue weighted by atomic mass is 16.6. The predicted octanol–water partition coefficient (Wildman–Crippen LogP) is 1.87. The molecule has 1 heterocycles. The van der Waals surface area contributed by atoms with Gasteiger partial charge in [-0.1, -0.05) is 24.3 Å². The quantitative estimate of drug-likeness (QED) is 0.576. The second kappa shape index (κ2) is 2.88. The molecule has 1 aromatic rings. The predicted molar refractivity (Wildman–Crippen MR) is 68.7 cm³/mol. The van der Waals surface area contributed by atoms with Gasteiger partial charge in [0, 0.05) is 17.4 Å². The summed E-state index contributed by atoms with van der Waals surface area (Å²) in [6.07, 6.45) is 5.79. The maximum atomic E-state index is 12.9. The van der Waals surface area contributed by atoms with Crippen LogP contribution in [0.4, 0.5) is 0 Å². The molecule has 0 radical (unpaired) electrons. The number of rotatable bonds is 0. The van der Waals surface area contributed by atoms with Gasteiger partial charge >= 0.3 is 0 Å². The van der Waals surface area contributed by atoms with Gasteiger partial charge in [0.25, 0.3) is 0 Å². The average molecular weight is 268 g/mol. The van der Waals surface area contributed by atoms with Crippen LogP contribution in [-0.4, -0.2) is 27.9 Å². The highest BCUT2D eigenvalue weighted by molar-refractivity contribution is 6.27. The molecule has 2 fully saturated rings. The molecule has 1 aliphatic heterocycles. The van der Waals surface area contributed by atoms with E-state index in [-0.39, 0.29) is 34.7 Å². The fourth-order valence-electron chi connectivity index (χ4n) is 4.55. The van der Waals surface area contributed by atoms with E-state index < -0.39 is 11.2 Å². The fourth-order valence-corrected chi connectivity index (χ4v) is 4.55. The maximum absolute atomic E-state index is 12.9. The van der Waals surface area contributed by atoms with Crippen LogP contribution in [0.15, 0.2) is 30.4 Å². The number of epoxide rings is 1. The highest BCUT2D eigenvalue weighted by Gasteiger charge is 2.87. The zero-order chi connectivity index (χ0) is 13.7. The van der Waals surface area contributed by atoms with Gasteiger partial charge in [-0.2, -0.15) is 0 Å². The van der Waals surface area contributed by atoms with Crippen LogP contribution in [0.25, 0.3) is 0 Å². The summed E-state index contributed by atoms with van der Waals surface area (Å²) in [6, 6.07) is 4.66. The van der Waals surface area contributed by atoms with Gasteiger partial charge in [0.2, 0.25) is 5.78 Å². The van der Waals surface area contributed by atoms with E-state index in [9.17, 15) is 14.7 Å². The number of phenolic OH excluding ortho intramolecular Hbond substituents is 1. The third-order valence-electron chi connectivity index (χ3n) is 5.43. The van der Waals surface area contributed by atoms with Crippen molar-refractivity contribution in [1.82, 2.24) is 0 Å². The van der Waals surface area contributed by atoms with E-state index in [1.165, 1.54) is 6.07 Å². The molecule has 1 N–H and O–H groups in total. The standard InChI is InChI=1S/C16H12O4/c17-11-3-1-2-10-12(11)14(19)16-9-6-4-8(5-7-9)15(16,20-16)13(10)18/h1-4,6,8-9,17H,5,7H2/t8-,9+,15+,16-/m1/s1. The smallest absolute Gasteiger partial charge is 0.203 e. The molecule has 0 aromatic heterocycles. The molecule has 4 nitrogen and oxygen atoms in total. The van der Waals surface area contributed by atoms with Gasteiger partial charge in [-0.3, -0.25) is 9.59 Å². The topological polar surface area (TPSA) is 66.9 Å². The summed E-state index contributed by atoms with van der Waals surface area (Å²) < 4.78 is 5.89. The van der Waals surface area contributed by atoms with Crippen LogP contribution < -0.4 is 0 Å². The second-order valence-corrected chi connectivity index (χ2v) is 6.11. The Morgan fingerprint density at radius 2 is 1.70 bits per heavy atom. The number of carbonyl (C=O) groups excluding carboxylic acids is 2. The molecule has 4 atom stereocenters. The Balaban J connectivity index is 1.85. The summed E-state index contributed by atoms with van der Waals surface area (Å²) in [5.74, 6) is -0.535. The van der Waals surface area contributed by atoms with Gasteiger partial charge in [-0.15, -0.1) is 0 Å². The van der Waals surface area contributed by atoms with E-state index in [2.05, 4.69) is 0 Å². The number of fused-ring (bicyclic) bond motifs is 2. The molecule has 6 rings (SSSR count). The van der Waals surface area contributed by atoms with Gasteiger partial charge in [0.05, 0.1) is 5.56 Å². The van der Waals surface area contributed by atoms with E-state index in [1.807, 2.05) is 12.2 Å². The maximum Gasteiger partial charge on any atom is 0.203 e. The van der Waals surface area contributed by atoms with Crippen molar-refractivity contribution < 1.29 is 19.4 Å². The Hall–Kier alpha value is -1.94. The minimum absolute atomic E-state index is 0.0144. The summed E-state index contributed by atoms with van der Waals surface area (Å²) in [4.78, 5) is 25.8. The number of Topliss-reactive ketones (excluding diaryl/α,β-unsaturated/α-hetero) is 2. The minimum Gasteiger partial charge on any atom is -0.507 e. The minimum atomic E-state index is -1.03. The molecule has 0 amide bonds. The zero-order valence-electron chi connectivity index (χ0n) is 10.6. The zero-order valence-corrected chi connectivity index (χ0v) is 10.6. The number of ether oxygens (including phenoxy) is 1. The van der Waals surface area contributed by atoms with Crippen molar-refractivity contribution >= 4 is 11.6 Å². The lowest BCUT2D eigenvalue weighted by Crippen LogP contribution is -2.56. The van der Waals surface area contributed by atoms with Crippen LogP contribution in [-0.2, 0) is 4.74 Å². The molecule has 5 aliphatic rings. The molecule has 100 valence electrons. The summed E-state index contributed by atoms with van der Waals surface area (Å²) in [5.41, 5.74) is -1.56. The first-order chi connectivity index (χ1) is 9.63. The first kappa shape index (κ1) is 10.8. The largest absolute Gasteiger partial charge is 0.507 e. The fraction of sp³-hybridized carbons (Fsp3) is 0.375. The van der Waals surface area contributed by atoms with Gasteiger partial charge < -0.3 is 9.84 Å². The Bertz CT molecular complexity index is 734. The van der Waals surface area contributed by atoms with E-state index >= 15 is 0 Å². The number of benzene rings is 1. The lowest BCUT2D eigenvalue weighted by atomic mass is 9.56. The second-order valence-electron chi connectivity index (χ2n) is 6.11. The SMILES string of the molecule is O=C1c2cccc(O)c2C(=O)[C@@]23O[C@@]12[C@@H]1C=C[C@H]3CC1. The molecule has 1 saturated heterocycles. The Morgan fingerprint density at radius 1 is 1.05 bits per heavy atom. The van der Waals surface area contributed by atoms with Gasteiger partial charge in [-0.25, -0.2) is 0 Å². The first-order valence-corrected chi connectivity index (χ1v) is 6.93. The van der Waals surface area contributed by atoms with E-state index in [0.29, 0.717) is 5.56 Å². The van der Waals surface area contributed by atoms with E-state index in [1.54, 1.807) is 12.1 Å². The van der Waals surface area contributed by atoms with Gasteiger partial charge in [-0.05, 0) is 18.9 Å². The summed E-state index contributed by atoms with van der Waals surface area (Å²) in [5, 5.41) is 9.99. The first-order valence-electron chi connectivity index (χ1n) is 6.93. The van der Waals surface area contributed by atoms with Crippen LogP contribution in [0.5, 0.6) is 5.75 Å². The normalized spacial score (nSPS) is 43.0. The Kier molecular flexibility index (Phi) is 1.56. The van der Waals surface area contributed by atoms with Crippen molar-refractivity contribution in [2.75, 3.05) is 0 Å². The lowest BCUT2D eigenvalue weighted by Gasteiger charge is -2.40. The van der Waals surface area contributed by atoms with Crippen molar-refractivity contribution in [3.05, 3.63) is 41.5 Å². The van der Waals surface area contributed by atoms with Crippen molar-refractivity contribution in [2.45, 2.75) is 24.0 Å². The molecule has 1 aromatic carbocycles. The van der Waals surface area contributed by atoms with E-state index in [4.69, 9.17) is 4.74 Å². The summed E-state index contributed by atoms with van der Waals surface area (Å²) in [7, 11) is 0. The number of aromatic hydroxyl groups is 1. The lowest BCUT2D eigenvalue weighted by molar-refractivity contribution is 0.0732. The van der Waals surface area contributed by atoms with Gasteiger partial charge in [0.1, 0.15) is 5.75 Å². The molecule has 2 bridgehead atoms. The molecule has 4 heteroatoms. The molecular weight excluding hydrogens is 256 g/mol. The van der Waals surface area contributed by atoms with Crippen LogP contribution >= 0.6 is 0 Å². The van der Waals surface area contributed by atoms with Crippen molar-refractivity contribution in [1.29, 1.82) is 0 Å². The summed E-state index contributed by atoms with van der Waals surface area (Å²) in [6.45, 7) is 0. The molecule has 0 spiro atoms. The number of phenols is 1. The molecular formula is C16H12O4. The summed E-state index contributed by atoms with van der Waals surface area (Å²) >= 11 is 0. The van der Waals surface area contributed by atoms with Crippen LogP contribution in [0, 0.1) is 11.8 Å². The highest BCUT2D eigenvalue weighted by Crippen LogP contribution is 2.70. The monoisotopic (exact) mass is 268 g/mol. The van der Waals surface area contributed by atoms with Crippen molar-refractivity contribution in [3.8, 4) is 5.75 Å². The Labute approximate surface area is 115 Å². The van der Waals surface area contributed by atoms with Crippen LogP contribution in [0.2, 0.25) is 0 Å². The average Bonchev–Trinajstić information content (AvgIpc) is 3.21. The third-order valence-corrected chi connectivity index (χ3v) is 5.43. The number of hydrogen-bond acceptors (Lipinski definition) is 4. The molecule has 20 heavy (non-hydrogen) atoms. The van der Waals surface area contributed by atoms with E-state index in [0.717, 1.165) is 12.8 Å². The van der Waals surface area contributed by atoms with Crippen LogP contribution in [0.3, 0.4) is 0 Å². The Morgan fingerprint density at radius 3 is 2.35 bits per heavy atom.